The molecule has 148 valence electrons. The molecule has 3 rings (SSSR count). The average Bonchev–Trinajstić information content (AvgIpc) is 2.75. The lowest BCUT2D eigenvalue weighted by atomic mass is 10.1. The summed E-state index contributed by atoms with van der Waals surface area (Å²) in [7, 11) is 0. The topological polar surface area (TPSA) is 50.7 Å². The molecule has 1 amide bonds. The Balaban J connectivity index is 1.54. The van der Waals surface area contributed by atoms with Gasteiger partial charge in [0.05, 0.1) is 12.8 Å². The van der Waals surface area contributed by atoms with E-state index < -0.39 is 0 Å². The van der Waals surface area contributed by atoms with Gasteiger partial charge in [-0.3, -0.25) is 4.79 Å². The number of amides is 1. The number of carbonyl (C=O) groups excluding carboxylic acids is 1. The molecule has 6 heteroatoms. The predicted molar refractivity (Wildman–Crippen MR) is 120 cm³/mol. The fourth-order valence-corrected chi connectivity index (χ4v) is 3.53. The maximum Gasteiger partial charge on any atom is 0.271 e. The summed E-state index contributed by atoms with van der Waals surface area (Å²) in [4.78, 5) is 13.4. The van der Waals surface area contributed by atoms with Gasteiger partial charge in [-0.25, -0.2) is 5.43 Å². The van der Waals surface area contributed by atoms with Crippen molar-refractivity contribution in [2.45, 2.75) is 17.6 Å². The van der Waals surface area contributed by atoms with Crippen molar-refractivity contribution in [3.05, 3.63) is 94.5 Å². The minimum atomic E-state index is -0.257. The van der Waals surface area contributed by atoms with Crippen molar-refractivity contribution in [2.24, 2.45) is 5.10 Å². The molecule has 0 saturated carbocycles. The highest BCUT2D eigenvalue weighted by molar-refractivity contribution is 7.98. The molecular formula is C23H21ClN2O2S. The first-order valence-corrected chi connectivity index (χ1v) is 10.5. The number of thioether (sulfide) groups is 1. The van der Waals surface area contributed by atoms with E-state index in [-0.39, 0.29) is 5.91 Å². The molecule has 3 aromatic carbocycles. The Morgan fingerprint density at radius 3 is 2.52 bits per heavy atom. The van der Waals surface area contributed by atoms with Crippen LogP contribution in [0.2, 0.25) is 5.02 Å². The van der Waals surface area contributed by atoms with Crippen LogP contribution in [0.3, 0.4) is 0 Å². The Hall–Kier alpha value is -2.76. The molecule has 0 bridgehead atoms. The van der Waals surface area contributed by atoms with E-state index in [9.17, 15) is 4.79 Å². The summed E-state index contributed by atoms with van der Waals surface area (Å²) < 4.78 is 5.54. The standard InChI is InChI=1S/C23H21ClN2O2S/c1-2-28-22-6-4-3-5-19(22)15-25-26-23(27)18-9-7-17(8-10-18)16-29-21-13-11-20(24)12-14-21/h3-15H,2,16H2,1H3,(H,26,27)/b25-15-. The summed E-state index contributed by atoms with van der Waals surface area (Å²) >= 11 is 7.62. The van der Waals surface area contributed by atoms with Crippen LogP contribution in [0.5, 0.6) is 5.75 Å². The van der Waals surface area contributed by atoms with Crippen molar-refractivity contribution >= 4 is 35.5 Å². The van der Waals surface area contributed by atoms with Crippen molar-refractivity contribution in [3.8, 4) is 5.75 Å². The number of hydrogen-bond acceptors (Lipinski definition) is 4. The van der Waals surface area contributed by atoms with Crippen LogP contribution < -0.4 is 10.2 Å². The van der Waals surface area contributed by atoms with E-state index in [1.165, 1.54) is 0 Å². The molecule has 0 heterocycles. The highest BCUT2D eigenvalue weighted by Crippen LogP contribution is 2.24. The van der Waals surface area contributed by atoms with Crippen molar-refractivity contribution in [3.63, 3.8) is 0 Å². The van der Waals surface area contributed by atoms with E-state index in [1.54, 1.807) is 30.1 Å². The van der Waals surface area contributed by atoms with E-state index in [2.05, 4.69) is 10.5 Å². The summed E-state index contributed by atoms with van der Waals surface area (Å²) in [6.45, 7) is 2.49. The van der Waals surface area contributed by atoms with E-state index in [4.69, 9.17) is 16.3 Å². The molecule has 0 aromatic heterocycles. The molecular weight excluding hydrogens is 404 g/mol. The summed E-state index contributed by atoms with van der Waals surface area (Å²) in [5.74, 6) is 1.29. The summed E-state index contributed by atoms with van der Waals surface area (Å²) in [5, 5.41) is 4.78. The number of nitrogens with one attached hydrogen (secondary N) is 1. The van der Waals surface area contributed by atoms with Gasteiger partial charge in [0.25, 0.3) is 5.91 Å². The normalized spacial score (nSPS) is 10.8. The molecule has 0 aliphatic carbocycles. The first-order valence-electron chi connectivity index (χ1n) is 9.18. The molecule has 29 heavy (non-hydrogen) atoms. The fraction of sp³-hybridized carbons (Fsp3) is 0.130. The van der Waals surface area contributed by atoms with Crippen molar-refractivity contribution in [1.82, 2.24) is 5.43 Å². The maximum absolute atomic E-state index is 12.3. The first kappa shape index (κ1) is 21.0. The number of nitrogens with zero attached hydrogens (tertiary/aromatic N) is 1. The molecule has 0 atom stereocenters. The zero-order chi connectivity index (χ0) is 20.5. The van der Waals surface area contributed by atoms with Gasteiger partial charge in [-0.15, -0.1) is 11.8 Å². The van der Waals surface area contributed by atoms with Crippen LogP contribution in [0.1, 0.15) is 28.4 Å². The number of rotatable bonds is 8. The van der Waals surface area contributed by atoms with Gasteiger partial charge in [-0.1, -0.05) is 35.9 Å². The number of para-hydroxylation sites is 1. The van der Waals surface area contributed by atoms with Crippen LogP contribution in [0, 0.1) is 0 Å². The molecule has 0 radical (unpaired) electrons. The Morgan fingerprint density at radius 2 is 1.79 bits per heavy atom. The van der Waals surface area contributed by atoms with Crippen LogP contribution in [0.4, 0.5) is 0 Å². The number of hydrazone groups is 1. The Bertz CT molecular complexity index is 973. The van der Waals surface area contributed by atoms with Gasteiger partial charge >= 0.3 is 0 Å². The second kappa shape index (κ2) is 10.7. The Kier molecular flexibility index (Phi) is 7.73. The number of halogens is 1. The average molecular weight is 425 g/mol. The zero-order valence-electron chi connectivity index (χ0n) is 16.0. The SMILES string of the molecule is CCOc1ccccc1/C=N\NC(=O)c1ccc(CSc2ccc(Cl)cc2)cc1. The quantitative estimate of drug-likeness (QED) is 0.282. The molecule has 0 saturated heterocycles. The molecule has 0 unspecified atom stereocenters. The molecule has 0 spiro atoms. The van der Waals surface area contributed by atoms with E-state index in [1.807, 2.05) is 67.6 Å². The van der Waals surface area contributed by atoms with Crippen molar-refractivity contribution < 1.29 is 9.53 Å². The monoisotopic (exact) mass is 424 g/mol. The lowest BCUT2D eigenvalue weighted by Crippen LogP contribution is -2.17. The second-order valence-corrected chi connectivity index (χ2v) is 7.59. The summed E-state index contributed by atoms with van der Waals surface area (Å²) in [6, 6.07) is 22.8. The van der Waals surface area contributed by atoms with Crippen LogP contribution in [0.15, 0.2) is 82.8 Å². The predicted octanol–water partition coefficient (Wildman–Crippen LogP) is 5.79. The number of benzene rings is 3. The van der Waals surface area contributed by atoms with Gasteiger partial charge in [-0.2, -0.15) is 5.10 Å². The number of ether oxygens (including phenoxy) is 1. The van der Waals surface area contributed by atoms with E-state index in [0.29, 0.717) is 12.2 Å². The van der Waals surface area contributed by atoms with Gasteiger partial charge < -0.3 is 4.74 Å². The minimum absolute atomic E-state index is 0.257. The largest absolute Gasteiger partial charge is 0.493 e. The van der Waals surface area contributed by atoms with Gasteiger partial charge in [0, 0.05) is 26.8 Å². The third-order valence-corrected chi connectivity index (χ3v) is 5.36. The maximum atomic E-state index is 12.3. The van der Waals surface area contributed by atoms with Crippen LogP contribution in [-0.2, 0) is 5.75 Å². The van der Waals surface area contributed by atoms with E-state index >= 15 is 0 Å². The fourth-order valence-electron chi connectivity index (χ4n) is 2.55. The molecule has 0 aliphatic rings. The Morgan fingerprint density at radius 1 is 1.07 bits per heavy atom. The third kappa shape index (κ3) is 6.38. The van der Waals surface area contributed by atoms with Crippen molar-refractivity contribution in [2.75, 3.05) is 6.61 Å². The number of hydrogen-bond donors (Lipinski definition) is 1. The minimum Gasteiger partial charge on any atom is -0.493 e. The highest BCUT2D eigenvalue weighted by atomic mass is 35.5. The van der Waals surface area contributed by atoms with Crippen LogP contribution in [0.25, 0.3) is 0 Å². The lowest BCUT2D eigenvalue weighted by Gasteiger charge is -2.06. The van der Waals surface area contributed by atoms with E-state index in [0.717, 1.165) is 32.5 Å². The van der Waals surface area contributed by atoms with Gasteiger partial charge in [0.1, 0.15) is 5.75 Å². The van der Waals surface area contributed by atoms with Gasteiger partial charge in [0.2, 0.25) is 0 Å². The molecule has 0 fully saturated rings. The second-order valence-electron chi connectivity index (χ2n) is 6.11. The van der Waals surface area contributed by atoms with Gasteiger partial charge in [0.15, 0.2) is 0 Å². The summed E-state index contributed by atoms with van der Waals surface area (Å²) in [6.07, 6.45) is 1.58. The molecule has 4 nitrogen and oxygen atoms in total. The van der Waals surface area contributed by atoms with Gasteiger partial charge in [-0.05, 0) is 61.0 Å². The van der Waals surface area contributed by atoms with Crippen LogP contribution >= 0.6 is 23.4 Å². The molecule has 1 N–H and O–H groups in total. The summed E-state index contributed by atoms with van der Waals surface area (Å²) in [5.41, 5.74) is 5.06. The van der Waals surface area contributed by atoms with Crippen molar-refractivity contribution in [1.29, 1.82) is 0 Å². The molecule has 3 aromatic rings. The lowest BCUT2D eigenvalue weighted by molar-refractivity contribution is 0.0955. The Labute approximate surface area is 179 Å². The molecule has 0 aliphatic heterocycles. The van der Waals surface area contributed by atoms with Crippen LogP contribution in [-0.4, -0.2) is 18.7 Å². The highest BCUT2D eigenvalue weighted by Gasteiger charge is 2.05. The zero-order valence-corrected chi connectivity index (χ0v) is 17.5. The number of carbonyl (C=O) groups is 1. The smallest absolute Gasteiger partial charge is 0.271 e. The third-order valence-electron chi connectivity index (χ3n) is 4.02. The first-order chi connectivity index (χ1) is 14.2.